The van der Waals surface area contributed by atoms with Crippen LogP contribution in [0.2, 0.25) is 0 Å². The van der Waals surface area contributed by atoms with Crippen LogP contribution in [0.4, 0.5) is 4.79 Å². The molecule has 1 spiro atoms. The molecule has 2 aliphatic rings. The number of benzene rings is 1. The van der Waals surface area contributed by atoms with Crippen LogP contribution in [-0.4, -0.2) is 59.4 Å². The summed E-state index contributed by atoms with van der Waals surface area (Å²) in [4.78, 5) is 16.8. The van der Waals surface area contributed by atoms with Crippen molar-refractivity contribution >= 4 is 6.09 Å². The van der Waals surface area contributed by atoms with Crippen LogP contribution in [0.3, 0.4) is 0 Å². The molecule has 27 heavy (non-hydrogen) atoms. The van der Waals surface area contributed by atoms with Crippen LogP contribution in [0.5, 0.6) is 0 Å². The van der Waals surface area contributed by atoms with Crippen molar-refractivity contribution in [2.24, 2.45) is 0 Å². The van der Waals surface area contributed by atoms with Crippen molar-refractivity contribution in [2.45, 2.75) is 70.8 Å². The second-order valence-corrected chi connectivity index (χ2v) is 9.09. The first-order valence-corrected chi connectivity index (χ1v) is 10.2. The topological polar surface area (TPSA) is 42.0 Å². The van der Waals surface area contributed by atoms with Gasteiger partial charge in [-0.1, -0.05) is 30.3 Å². The van der Waals surface area contributed by atoms with Crippen LogP contribution < -0.4 is 0 Å². The fraction of sp³-hybridized carbons (Fsp3) is 0.682. The number of carbonyl (C=O) groups excluding carboxylic acids is 1. The molecule has 0 N–H and O–H groups in total. The molecule has 1 aromatic rings. The Kier molecular flexibility index (Phi) is 6.11. The van der Waals surface area contributed by atoms with E-state index in [1.54, 1.807) is 0 Å². The Labute approximate surface area is 163 Å². The lowest BCUT2D eigenvalue weighted by molar-refractivity contribution is -0.156. The molecule has 0 aliphatic carbocycles. The van der Waals surface area contributed by atoms with Crippen LogP contribution in [0.15, 0.2) is 30.3 Å². The minimum atomic E-state index is -0.455. The first-order chi connectivity index (χ1) is 12.7. The van der Waals surface area contributed by atoms with Crippen molar-refractivity contribution in [2.75, 3.05) is 26.2 Å². The van der Waals surface area contributed by atoms with Crippen LogP contribution in [0.25, 0.3) is 0 Å². The molecular formula is C22H34N2O3. The average molecular weight is 375 g/mol. The fourth-order valence-electron chi connectivity index (χ4n) is 4.25. The number of nitrogens with zero attached hydrogens (tertiary/aromatic N) is 2. The zero-order valence-corrected chi connectivity index (χ0v) is 17.2. The smallest absolute Gasteiger partial charge is 0.410 e. The van der Waals surface area contributed by atoms with E-state index in [1.807, 2.05) is 25.7 Å². The summed E-state index contributed by atoms with van der Waals surface area (Å²) in [7, 11) is 0. The quantitative estimate of drug-likeness (QED) is 0.783. The molecule has 5 heteroatoms. The van der Waals surface area contributed by atoms with Gasteiger partial charge in [-0.3, -0.25) is 4.90 Å². The molecule has 2 heterocycles. The maximum Gasteiger partial charge on any atom is 0.410 e. The highest BCUT2D eigenvalue weighted by Gasteiger charge is 2.41. The minimum absolute atomic E-state index is 0.163. The Bertz CT molecular complexity index is 628. The molecule has 0 radical (unpaired) electrons. The van der Waals surface area contributed by atoms with E-state index in [1.165, 1.54) is 5.56 Å². The van der Waals surface area contributed by atoms with Gasteiger partial charge in [0, 0.05) is 32.7 Å². The van der Waals surface area contributed by atoms with E-state index in [4.69, 9.17) is 9.47 Å². The standard InChI is InChI=1S/C22H34N2O3/c1-18-15-23(16-19-9-6-5-7-10-19)17-22(26-18)11-8-13-24(14-12-22)20(25)27-21(2,3)4/h5-7,9-10,18H,8,11-17H2,1-4H3. The van der Waals surface area contributed by atoms with E-state index in [0.29, 0.717) is 6.54 Å². The number of ether oxygens (including phenoxy) is 2. The molecule has 5 nitrogen and oxygen atoms in total. The summed E-state index contributed by atoms with van der Waals surface area (Å²) in [6.07, 6.45) is 2.80. The third-order valence-corrected chi connectivity index (χ3v) is 5.28. The SMILES string of the molecule is CC1CN(Cc2ccccc2)CC2(CCCN(C(=O)OC(C)(C)C)CC2)O1. The fourth-order valence-corrected chi connectivity index (χ4v) is 4.25. The zero-order valence-electron chi connectivity index (χ0n) is 17.2. The highest BCUT2D eigenvalue weighted by Crippen LogP contribution is 2.33. The highest BCUT2D eigenvalue weighted by molar-refractivity contribution is 5.68. The molecule has 2 aliphatic heterocycles. The predicted molar refractivity (Wildman–Crippen MR) is 107 cm³/mol. The van der Waals surface area contributed by atoms with Gasteiger partial charge in [-0.25, -0.2) is 4.79 Å². The molecular weight excluding hydrogens is 340 g/mol. The van der Waals surface area contributed by atoms with Gasteiger partial charge in [-0.05, 0) is 52.5 Å². The lowest BCUT2D eigenvalue weighted by Gasteiger charge is -2.45. The molecule has 1 amide bonds. The summed E-state index contributed by atoms with van der Waals surface area (Å²) in [5.74, 6) is 0. The first kappa shape index (κ1) is 20.2. The van der Waals surface area contributed by atoms with Crippen LogP contribution in [0, 0.1) is 0 Å². The number of likely N-dealkylation sites (tertiary alicyclic amines) is 1. The third kappa shape index (κ3) is 5.69. The van der Waals surface area contributed by atoms with E-state index in [0.717, 1.165) is 45.4 Å². The third-order valence-electron chi connectivity index (χ3n) is 5.28. The van der Waals surface area contributed by atoms with Crippen molar-refractivity contribution < 1.29 is 14.3 Å². The Balaban J connectivity index is 1.63. The largest absolute Gasteiger partial charge is 0.444 e. The number of morpholine rings is 1. The van der Waals surface area contributed by atoms with E-state index in [9.17, 15) is 4.79 Å². The van der Waals surface area contributed by atoms with Gasteiger partial charge in [0.2, 0.25) is 0 Å². The normalized spacial score (nSPS) is 27.4. The zero-order chi connectivity index (χ0) is 19.5. The summed E-state index contributed by atoms with van der Waals surface area (Å²) < 4.78 is 12.0. The molecule has 2 saturated heterocycles. The van der Waals surface area contributed by atoms with Crippen LogP contribution in [-0.2, 0) is 16.0 Å². The van der Waals surface area contributed by atoms with E-state index < -0.39 is 5.60 Å². The molecule has 0 aromatic heterocycles. The summed E-state index contributed by atoms with van der Waals surface area (Å²) in [5, 5.41) is 0. The Morgan fingerprint density at radius 3 is 2.67 bits per heavy atom. The van der Waals surface area contributed by atoms with E-state index >= 15 is 0 Å². The number of rotatable bonds is 2. The summed E-state index contributed by atoms with van der Waals surface area (Å²) in [6.45, 7) is 12.2. The van der Waals surface area contributed by atoms with Crippen molar-refractivity contribution in [3.05, 3.63) is 35.9 Å². The maximum atomic E-state index is 12.5. The van der Waals surface area contributed by atoms with Crippen LogP contribution >= 0.6 is 0 Å². The molecule has 150 valence electrons. The lowest BCUT2D eigenvalue weighted by atomic mass is 9.91. The molecule has 2 atom stereocenters. The average Bonchev–Trinajstić information content (AvgIpc) is 2.76. The minimum Gasteiger partial charge on any atom is -0.444 e. The van der Waals surface area contributed by atoms with Gasteiger partial charge in [0.25, 0.3) is 0 Å². The van der Waals surface area contributed by atoms with E-state index in [2.05, 4.69) is 42.2 Å². The van der Waals surface area contributed by atoms with Gasteiger partial charge in [0.15, 0.2) is 0 Å². The van der Waals surface area contributed by atoms with Gasteiger partial charge in [0.1, 0.15) is 5.60 Å². The lowest BCUT2D eigenvalue weighted by Crippen LogP contribution is -2.55. The van der Waals surface area contributed by atoms with Crippen molar-refractivity contribution in [3.63, 3.8) is 0 Å². The first-order valence-electron chi connectivity index (χ1n) is 10.2. The van der Waals surface area contributed by atoms with Crippen LogP contribution in [0.1, 0.15) is 52.5 Å². The second-order valence-electron chi connectivity index (χ2n) is 9.09. The Morgan fingerprint density at radius 2 is 1.96 bits per heavy atom. The molecule has 2 unspecified atom stereocenters. The van der Waals surface area contributed by atoms with Crippen molar-refractivity contribution in [1.29, 1.82) is 0 Å². The predicted octanol–water partition coefficient (Wildman–Crippen LogP) is 4.07. The summed E-state index contributed by atoms with van der Waals surface area (Å²) in [6, 6.07) is 10.6. The Hall–Kier alpha value is -1.59. The highest BCUT2D eigenvalue weighted by atomic mass is 16.6. The van der Waals surface area contributed by atoms with Gasteiger partial charge < -0.3 is 14.4 Å². The van der Waals surface area contributed by atoms with Gasteiger partial charge in [0.05, 0.1) is 11.7 Å². The van der Waals surface area contributed by atoms with E-state index in [-0.39, 0.29) is 17.8 Å². The molecule has 0 bridgehead atoms. The monoisotopic (exact) mass is 374 g/mol. The number of amides is 1. The maximum absolute atomic E-state index is 12.5. The Morgan fingerprint density at radius 1 is 1.22 bits per heavy atom. The molecule has 2 fully saturated rings. The molecule has 1 aromatic carbocycles. The second kappa shape index (κ2) is 8.19. The molecule has 0 saturated carbocycles. The molecule has 3 rings (SSSR count). The summed E-state index contributed by atoms with van der Waals surface area (Å²) in [5.41, 5.74) is 0.720. The van der Waals surface area contributed by atoms with Crippen molar-refractivity contribution in [1.82, 2.24) is 9.80 Å². The summed E-state index contributed by atoms with van der Waals surface area (Å²) >= 11 is 0. The van der Waals surface area contributed by atoms with Gasteiger partial charge in [-0.2, -0.15) is 0 Å². The van der Waals surface area contributed by atoms with Gasteiger partial charge >= 0.3 is 6.09 Å². The van der Waals surface area contributed by atoms with Gasteiger partial charge in [-0.15, -0.1) is 0 Å². The number of carbonyl (C=O) groups is 1. The number of hydrogen-bond acceptors (Lipinski definition) is 4. The number of hydrogen-bond donors (Lipinski definition) is 0. The van der Waals surface area contributed by atoms with Crippen molar-refractivity contribution in [3.8, 4) is 0 Å².